The smallest absolute Gasteiger partial charge is 0.243 e. The third kappa shape index (κ3) is 5.98. The number of hydrogen-bond acceptors (Lipinski definition) is 7. The summed E-state index contributed by atoms with van der Waals surface area (Å²) in [5.41, 5.74) is 0.378. The van der Waals surface area contributed by atoms with Crippen molar-refractivity contribution in [2.24, 2.45) is 11.8 Å². The summed E-state index contributed by atoms with van der Waals surface area (Å²) in [6.07, 6.45) is 5.69. The van der Waals surface area contributed by atoms with Gasteiger partial charge in [-0.15, -0.1) is 0 Å². The van der Waals surface area contributed by atoms with Crippen molar-refractivity contribution in [2.45, 2.75) is 49.5 Å². The fourth-order valence-electron chi connectivity index (χ4n) is 6.16. The van der Waals surface area contributed by atoms with Gasteiger partial charge in [0, 0.05) is 57.4 Å². The minimum Gasteiger partial charge on any atom is -0.356 e. The molecule has 0 radical (unpaired) electrons. The molecule has 11 heteroatoms. The van der Waals surface area contributed by atoms with Gasteiger partial charge in [-0.1, -0.05) is 18.9 Å². The Balaban J connectivity index is 1.36. The molecule has 3 atom stereocenters. The van der Waals surface area contributed by atoms with E-state index in [0.717, 1.165) is 25.1 Å². The first-order valence-corrected chi connectivity index (χ1v) is 15.6. The van der Waals surface area contributed by atoms with E-state index in [1.807, 2.05) is 29.2 Å². The van der Waals surface area contributed by atoms with Gasteiger partial charge in [-0.2, -0.15) is 9.57 Å². The molecule has 40 heavy (non-hydrogen) atoms. The van der Waals surface area contributed by atoms with Crippen molar-refractivity contribution in [1.82, 2.24) is 19.5 Å². The van der Waals surface area contributed by atoms with Gasteiger partial charge in [-0.25, -0.2) is 13.4 Å². The molecule has 0 spiro atoms. The lowest BCUT2D eigenvalue weighted by Crippen LogP contribution is -2.50. The molecule has 1 saturated carbocycles. The highest BCUT2D eigenvalue weighted by atomic mass is 32.2. The van der Waals surface area contributed by atoms with Gasteiger partial charge in [0.2, 0.25) is 21.8 Å². The van der Waals surface area contributed by atoms with Crippen LogP contribution in [-0.2, 0) is 19.6 Å². The van der Waals surface area contributed by atoms with Gasteiger partial charge in [-0.05, 0) is 62.1 Å². The van der Waals surface area contributed by atoms with Crippen molar-refractivity contribution in [3.05, 3.63) is 54.2 Å². The molecular formula is C29H36N6O4S. The van der Waals surface area contributed by atoms with Crippen LogP contribution in [0, 0.1) is 23.2 Å². The summed E-state index contributed by atoms with van der Waals surface area (Å²) in [5.74, 6) is -0.331. The monoisotopic (exact) mass is 564 g/mol. The Morgan fingerprint density at radius 3 is 2.40 bits per heavy atom. The van der Waals surface area contributed by atoms with Crippen LogP contribution in [0.2, 0.25) is 0 Å². The van der Waals surface area contributed by atoms with E-state index in [0.29, 0.717) is 64.1 Å². The summed E-state index contributed by atoms with van der Waals surface area (Å²) in [6, 6.07) is 13.1. The number of amides is 2. The lowest BCUT2D eigenvalue weighted by atomic mass is 10.0. The summed E-state index contributed by atoms with van der Waals surface area (Å²) in [7, 11) is -3.95. The molecular weight excluding hydrogens is 528 g/mol. The fourth-order valence-corrected chi connectivity index (χ4v) is 7.87. The largest absolute Gasteiger partial charge is 0.356 e. The maximum absolute atomic E-state index is 13.9. The number of sulfonamides is 1. The standard InChI is InChI=1S/C29H36N6O4S/c30-21-22-8-10-24(11-9-22)40(38,39)35-14-6-2-1-4-13-32-28(36)25-19-23(20-26(25)35)29(37)34-17-15-33(16-18-34)27-7-3-5-12-31-27/h3,5,7-12,23,25-26H,1-2,4,6,13-20H2,(H,32,36). The minimum atomic E-state index is -3.95. The zero-order valence-electron chi connectivity index (χ0n) is 22.6. The average molecular weight is 565 g/mol. The number of anilines is 1. The third-order valence-electron chi connectivity index (χ3n) is 8.34. The number of nitrogens with one attached hydrogen (secondary N) is 1. The van der Waals surface area contributed by atoms with Crippen LogP contribution in [0.4, 0.5) is 5.82 Å². The van der Waals surface area contributed by atoms with Gasteiger partial charge in [0.1, 0.15) is 5.82 Å². The van der Waals surface area contributed by atoms with E-state index in [1.54, 1.807) is 6.20 Å². The molecule has 1 aromatic heterocycles. The lowest BCUT2D eigenvalue weighted by Gasteiger charge is -2.36. The molecule has 0 bridgehead atoms. The van der Waals surface area contributed by atoms with Crippen molar-refractivity contribution in [3.8, 4) is 6.07 Å². The summed E-state index contributed by atoms with van der Waals surface area (Å²) in [6.45, 7) is 3.30. The first-order valence-electron chi connectivity index (χ1n) is 14.1. The van der Waals surface area contributed by atoms with Crippen LogP contribution in [0.1, 0.15) is 44.1 Å². The number of rotatable bonds is 4. The Morgan fingerprint density at radius 2 is 1.70 bits per heavy atom. The molecule has 2 aliphatic heterocycles. The first kappa shape index (κ1) is 28.1. The molecule has 5 rings (SSSR count). The van der Waals surface area contributed by atoms with Crippen molar-refractivity contribution in [1.29, 1.82) is 5.26 Å². The van der Waals surface area contributed by atoms with Crippen molar-refractivity contribution >= 4 is 27.7 Å². The van der Waals surface area contributed by atoms with Crippen LogP contribution in [0.3, 0.4) is 0 Å². The van der Waals surface area contributed by atoms with Crippen LogP contribution in [0.15, 0.2) is 53.6 Å². The number of piperazine rings is 1. The van der Waals surface area contributed by atoms with E-state index >= 15 is 0 Å². The quantitative estimate of drug-likeness (QED) is 0.604. The lowest BCUT2D eigenvalue weighted by molar-refractivity contribution is -0.135. The highest BCUT2D eigenvalue weighted by molar-refractivity contribution is 7.89. The van der Waals surface area contributed by atoms with Crippen molar-refractivity contribution in [2.75, 3.05) is 44.2 Å². The molecule has 3 heterocycles. The van der Waals surface area contributed by atoms with Crippen LogP contribution in [0.25, 0.3) is 0 Å². The number of carbonyl (C=O) groups is 2. The van der Waals surface area contributed by atoms with E-state index in [1.165, 1.54) is 28.6 Å². The van der Waals surface area contributed by atoms with E-state index < -0.39 is 27.9 Å². The van der Waals surface area contributed by atoms with Crippen LogP contribution >= 0.6 is 0 Å². The molecule has 2 amide bonds. The normalized spacial score (nSPS) is 24.9. The number of nitrogens with zero attached hydrogens (tertiary/aromatic N) is 5. The first-order chi connectivity index (χ1) is 19.4. The zero-order chi connectivity index (χ0) is 28.1. The fraction of sp³-hybridized carbons (Fsp3) is 0.517. The Bertz CT molecular complexity index is 1340. The Kier molecular flexibility index (Phi) is 8.66. The second-order valence-corrected chi connectivity index (χ2v) is 12.7. The second kappa shape index (κ2) is 12.4. The van der Waals surface area contributed by atoms with Gasteiger partial charge in [0.15, 0.2) is 0 Å². The number of aromatic nitrogens is 1. The predicted molar refractivity (Wildman–Crippen MR) is 150 cm³/mol. The number of hydrogen-bond donors (Lipinski definition) is 1. The van der Waals surface area contributed by atoms with E-state index in [4.69, 9.17) is 5.26 Å². The molecule has 3 fully saturated rings. The summed E-state index contributed by atoms with van der Waals surface area (Å²) >= 11 is 0. The number of benzene rings is 1. The summed E-state index contributed by atoms with van der Waals surface area (Å²) in [5, 5.41) is 12.2. The van der Waals surface area contributed by atoms with Crippen LogP contribution < -0.4 is 10.2 Å². The number of pyridine rings is 1. The van der Waals surface area contributed by atoms with E-state index in [-0.39, 0.29) is 16.7 Å². The van der Waals surface area contributed by atoms with Crippen molar-refractivity contribution < 1.29 is 18.0 Å². The predicted octanol–water partition coefficient (Wildman–Crippen LogP) is 2.38. The van der Waals surface area contributed by atoms with Gasteiger partial charge < -0.3 is 15.1 Å². The van der Waals surface area contributed by atoms with Gasteiger partial charge in [0.25, 0.3) is 0 Å². The van der Waals surface area contributed by atoms with Gasteiger partial charge >= 0.3 is 0 Å². The van der Waals surface area contributed by atoms with Crippen molar-refractivity contribution in [3.63, 3.8) is 0 Å². The molecule has 212 valence electrons. The number of fused-ring (bicyclic) bond motifs is 1. The number of nitriles is 1. The molecule has 2 aromatic rings. The maximum Gasteiger partial charge on any atom is 0.243 e. The molecule has 1 aliphatic carbocycles. The Hall–Kier alpha value is -3.49. The zero-order valence-corrected chi connectivity index (χ0v) is 23.4. The highest BCUT2D eigenvalue weighted by Crippen LogP contribution is 2.39. The highest BCUT2D eigenvalue weighted by Gasteiger charge is 2.48. The van der Waals surface area contributed by atoms with Crippen LogP contribution in [-0.4, -0.2) is 79.7 Å². The van der Waals surface area contributed by atoms with E-state index in [9.17, 15) is 18.0 Å². The SMILES string of the molecule is N#Cc1ccc(S(=O)(=O)N2CCCCCCNC(=O)C3CC(C(=O)N4CCN(c5ccccn5)CC4)CC32)cc1. The summed E-state index contributed by atoms with van der Waals surface area (Å²) < 4.78 is 29.3. The van der Waals surface area contributed by atoms with Gasteiger partial charge in [-0.3, -0.25) is 9.59 Å². The second-order valence-electron chi connectivity index (χ2n) is 10.8. The molecule has 1 aromatic carbocycles. The molecule has 3 aliphatic rings. The average Bonchev–Trinajstić information content (AvgIpc) is 3.42. The number of carbonyl (C=O) groups excluding carboxylic acids is 2. The third-order valence-corrected chi connectivity index (χ3v) is 10.3. The Morgan fingerprint density at radius 1 is 0.950 bits per heavy atom. The molecule has 2 saturated heterocycles. The molecule has 10 nitrogen and oxygen atoms in total. The molecule has 1 N–H and O–H groups in total. The maximum atomic E-state index is 13.9. The topological polar surface area (TPSA) is 127 Å². The van der Waals surface area contributed by atoms with Gasteiger partial charge in [0.05, 0.1) is 22.4 Å². The summed E-state index contributed by atoms with van der Waals surface area (Å²) in [4.78, 5) is 35.6. The Labute approximate surface area is 236 Å². The van der Waals surface area contributed by atoms with E-state index in [2.05, 4.69) is 15.2 Å². The minimum absolute atomic E-state index is 0.0104. The molecule has 3 unspecified atom stereocenters. The van der Waals surface area contributed by atoms with Crippen LogP contribution in [0.5, 0.6) is 0 Å².